The van der Waals surface area contributed by atoms with E-state index in [0.29, 0.717) is 22.5 Å². The molecule has 7 nitrogen and oxygen atoms in total. The molecule has 1 heterocycles. The summed E-state index contributed by atoms with van der Waals surface area (Å²) in [5.41, 5.74) is 3.50. The van der Waals surface area contributed by atoms with E-state index in [2.05, 4.69) is 20.0 Å². The van der Waals surface area contributed by atoms with E-state index in [1.165, 1.54) is 0 Å². The number of rotatable bonds is 6. The van der Waals surface area contributed by atoms with Gasteiger partial charge in [0.25, 0.3) is 10.0 Å². The maximum absolute atomic E-state index is 12.6. The number of nitrogens with zero attached hydrogens (tertiary/aromatic N) is 2. The molecule has 1 aromatic heterocycles. The molecule has 0 bridgehead atoms. The maximum Gasteiger partial charge on any atom is 0.261 e. The summed E-state index contributed by atoms with van der Waals surface area (Å²) in [6.07, 6.45) is 1.60. The van der Waals surface area contributed by atoms with Crippen LogP contribution in [0.1, 0.15) is 5.56 Å². The molecule has 4 rings (SSSR count). The third-order valence-corrected chi connectivity index (χ3v) is 5.89. The van der Waals surface area contributed by atoms with Crippen LogP contribution >= 0.6 is 0 Å². The third kappa shape index (κ3) is 4.33. The molecule has 0 fully saturated rings. The molecule has 3 aromatic carbocycles. The Labute approximate surface area is 174 Å². The summed E-state index contributed by atoms with van der Waals surface area (Å²) >= 11 is 0. The van der Waals surface area contributed by atoms with Gasteiger partial charge in [-0.2, -0.15) is 0 Å². The van der Waals surface area contributed by atoms with Crippen LogP contribution in [-0.2, 0) is 10.0 Å². The SMILES string of the molecule is COc1ccc(Nc2cnc3cc(NS(=O)(=O)c4ccc(C)cc4)ccc3n2)cc1. The molecule has 4 aromatic rings. The Hall–Kier alpha value is -3.65. The van der Waals surface area contributed by atoms with Crippen molar-refractivity contribution in [3.8, 4) is 5.75 Å². The van der Waals surface area contributed by atoms with Gasteiger partial charge in [0.1, 0.15) is 11.6 Å². The van der Waals surface area contributed by atoms with Crippen molar-refractivity contribution in [3.63, 3.8) is 0 Å². The van der Waals surface area contributed by atoms with Crippen molar-refractivity contribution < 1.29 is 13.2 Å². The topological polar surface area (TPSA) is 93.2 Å². The average Bonchev–Trinajstić information content (AvgIpc) is 2.74. The largest absolute Gasteiger partial charge is 0.497 e. The monoisotopic (exact) mass is 420 g/mol. The highest BCUT2D eigenvalue weighted by Crippen LogP contribution is 2.23. The number of anilines is 3. The van der Waals surface area contributed by atoms with Crippen LogP contribution in [0.15, 0.2) is 77.8 Å². The minimum absolute atomic E-state index is 0.207. The van der Waals surface area contributed by atoms with Gasteiger partial charge >= 0.3 is 0 Å². The van der Waals surface area contributed by atoms with Gasteiger partial charge in [0.2, 0.25) is 0 Å². The van der Waals surface area contributed by atoms with E-state index in [-0.39, 0.29) is 4.90 Å². The number of sulfonamides is 1. The van der Waals surface area contributed by atoms with Crippen LogP contribution in [0.2, 0.25) is 0 Å². The minimum Gasteiger partial charge on any atom is -0.497 e. The summed E-state index contributed by atoms with van der Waals surface area (Å²) in [7, 11) is -2.06. The van der Waals surface area contributed by atoms with E-state index in [4.69, 9.17) is 4.74 Å². The van der Waals surface area contributed by atoms with E-state index in [1.54, 1.807) is 55.8 Å². The Morgan fingerprint density at radius 2 is 1.57 bits per heavy atom. The van der Waals surface area contributed by atoms with Gasteiger partial charge in [-0.25, -0.2) is 13.4 Å². The van der Waals surface area contributed by atoms with Crippen LogP contribution in [0.5, 0.6) is 5.75 Å². The van der Waals surface area contributed by atoms with Crippen LogP contribution in [0.4, 0.5) is 17.2 Å². The summed E-state index contributed by atoms with van der Waals surface area (Å²) in [5, 5.41) is 3.19. The number of hydrogen-bond acceptors (Lipinski definition) is 6. The molecular weight excluding hydrogens is 400 g/mol. The smallest absolute Gasteiger partial charge is 0.261 e. The zero-order valence-corrected chi connectivity index (χ0v) is 17.3. The molecule has 0 saturated carbocycles. The van der Waals surface area contributed by atoms with E-state index in [9.17, 15) is 8.42 Å². The summed E-state index contributed by atoms with van der Waals surface area (Å²) < 4.78 is 32.9. The van der Waals surface area contributed by atoms with Crippen LogP contribution in [0.3, 0.4) is 0 Å². The van der Waals surface area contributed by atoms with Crippen molar-refractivity contribution in [3.05, 3.63) is 78.5 Å². The van der Waals surface area contributed by atoms with Gasteiger partial charge in [-0.3, -0.25) is 9.71 Å². The van der Waals surface area contributed by atoms with Gasteiger partial charge in [0.05, 0.1) is 34.9 Å². The molecule has 0 radical (unpaired) electrons. The third-order valence-electron chi connectivity index (χ3n) is 4.49. The summed E-state index contributed by atoms with van der Waals surface area (Å²) in [6.45, 7) is 1.91. The summed E-state index contributed by atoms with van der Waals surface area (Å²) in [5.74, 6) is 1.35. The van der Waals surface area contributed by atoms with Crippen molar-refractivity contribution in [1.29, 1.82) is 0 Å². The highest BCUT2D eigenvalue weighted by Gasteiger charge is 2.14. The fourth-order valence-electron chi connectivity index (χ4n) is 2.89. The first-order valence-electron chi connectivity index (χ1n) is 9.20. The number of fused-ring (bicyclic) bond motifs is 1. The number of benzene rings is 3. The summed E-state index contributed by atoms with van der Waals surface area (Å²) in [6, 6.07) is 19.2. The van der Waals surface area contributed by atoms with Gasteiger partial charge in [0.15, 0.2) is 0 Å². The molecule has 2 N–H and O–H groups in total. The average molecular weight is 420 g/mol. The zero-order chi connectivity index (χ0) is 21.1. The quantitative estimate of drug-likeness (QED) is 0.477. The standard InChI is InChI=1S/C22H20N4O3S/c1-15-3-10-19(11-4-15)30(27,28)26-17-7-12-20-21(13-17)23-14-22(25-20)24-16-5-8-18(29-2)9-6-16/h3-14,26H,1-2H3,(H,24,25). The van der Waals surface area contributed by atoms with Crippen LogP contribution in [-0.4, -0.2) is 25.5 Å². The molecule has 0 unspecified atom stereocenters. The molecule has 0 saturated heterocycles. The van der Waals surface area contributed by atoms with Crippen LogP contribution in [0.25, 0.3) is 11.0 Å². The van der Waals surface area contributed by atoms with Crippen molar-refractivity contribution >= 4 is 38.2 Å². The number of methoxy groups -OCH3 is 1. The predicted octanol–water partition coefficient (Wildman–Crippen LogP) is 4.49. The molecular formula is C22H20N4O3S. The first-order chi connectivity index (χ1) is 14.4. The fourth-order valence-corrected chi connectivity index (χ4v) is 3.94. The van der Waals surface area contributed by atoms with Crippen LogP contribution < -0.4 is 14.8 Å². The Morgan fingerprint density at radius 1 is 0.867 bits per heavy atom. The summed E-state index contributed by atoms with van der Waals surface area (Å²) in [4.78, 5) is 9.14. The molecule has 0 spiro atoms. The highest BCUT2D eigenvalue weighted by molar-refractivity contribution is 7.92. The lowest BCUT2D eigenvalue weighted by Crippen LogP contribution is -2.12. The Balaban J connectivity index is 1.54. The fraction of sp³-hybridized carbons (Fsp3) is 0.0909. The highest BCUT2D eigenvalue weighted by atomic mass is 32.2. The lowest BCUT2D eigenvalue weighted by atomic mass is 10.2. The Kier molecular flexibility index (Phi) is 5.24. The molecule has 0 amide bonds. The van der Waals surface area contributed by atoms with Gasteiger partial charge < -0.3 is 10.1 Å². The number of ether oxygens (including phenoxy) is 1. The number of hydrogen-bond donors (Lipinski definition) is 2. The lowest BCUT2D eigenvalue weighted by molar-refractivity contribution is 0.415. The second-order valence-corrected chi connectivity index (χ2v) is 8.41. The normalized spacial score (nSPS) is 11.3. The van der Waals surface area contributed by atoms with Crippen molar-refractivity contribution in [2.75, 3.05) is 17.1 Å². The van der Waals surface area contributed by atoms with Gasteiger partial charge in [0, 0.05) is 5.69 Å². The molecule has 0 atom stereocenters. The second-order valence-electron chi connectivity index (χ2n) is 6.73. The van der Waals surface area contributed by atoms with Crippen molar-refractivity contribution in [2.45, 2.75) is 11.8 Å². The van der Waals surface area contributed by atoms with E-state index < -0.39 is 10.0 Å². The van der Waals surface area contributed by atoms with Crippen molar-refractivity contribution in [2.24, 2.45) is 0 Å². The van der Waals surface area contributed by atoms with Gasteiger partial charge in [-0.1, -0.05) is 17.7 Å². The van der Waals surface area contributed by atoms with E-state index in [0.717, 1.165) is 17.0 Å². The molecule has 0 aliphatic rings. The number of aryl methyl sites for hydroxylation is 1. The maximum atomic E-state index is 12.6. The first kappa shape index (κ1) is 19.7. The van der Waals surface area contributed by atoms with E-state index >= 15 is 0 Å². The van der Waals surface area contributed by atoms with E-state index in [1.807, 2.05) is 31.2 Å². The Morgan fingerprint density at radius 3 is 2.27 bits per heavy atom. The Bertz CT molecular complexity index is 1290. The van der Waals surface area contributed by atoms with Crippen molar-refractivity contribution in [1.82, 2.24) is 9.97 Å². The molecule has 0 aliphatic heterocycles. The predicted molar refractivity (Wildman–Crippen MR) is 118 cm³/mol. The van der Waals surface area contributed by atoms with Gasteiger partial charge in [-0.15, -0.1) is 0 Å². The van der Waals surface area contributed by atoms with Crippen LogP contribution in [0, 0.1) is 6.92 Å². The van der Waals surface area contributed by atoms with Gasteiger partial charge in [-0.05, 0) is 61.5 Å². The number of aromatic nitrogens is 2. The number of nitrogens with one attached hydrogen (secondary N) is 2. The first-order valence-corrected chi connectivity index (χ1v) is 10.7. The molecule has 8 heteroatoms. The lowest BCUT2D eigenvalue weighted by Gasteiger charge is -2.10. The second kappa shape index (κ2) is 8.00. The molecule has 30 heavy (non-hydrogen) atoms. The zero-order valence-electron chi connectivity index (χ0n) is 16.5. The minimum atomic E-state index is -3.67. The molecule has 152 valence electrons. The molecule has 0 aliphatic carbocycles.